The van der Waals surface area contributed by atoms with Crippen LogP contribution in [0.25, 0.3) is 11.5 Å². The first kappa shape index (κ1) is 18.4. The van der Waals surface area contributed by atoms with E-state index in [9.17, 15) is 4.79 Å². The van der Waals surface area contributed by atoms with Crippen molar-refractivity contribution in [2.24, 2.45) is 5.92 Å². The molecular formula is C20H27N3O3. The van der Waals surface area contributed by atoms with Crippen LogP contribution in [-0.2, 0) is 4.79 Å². The Hall–Kier alpha value is -2.37. The quantitative estimate of drug-likeness (QED) is 0.812. The number of benzene rings is 1. The van der Waals surface area contributed by atoms with E-state index in [0.29, 0.717) is 23.4 Å². The number of nitrogens with zero attached hydrogens (tertiary/aromatic N) is 2. The Morgan fingerprint density at radius 2 is 1.96 bits per heavy atom. The van der Waals surface area contributed by atoms with E-state index >= 15 is 0 Å². The van der Waals surface area contributed by atoms with Gasteiger partial charge in [-0.25, -0.2) is 0 Å². The van der Waals surface area contributed by atoms with Crippen molar-refractivity contribution in [1.82, 2.24) is 15.5 Å². The van der Waals surface area contributed by atoms with Crippen molar-refractivity contribution in [2.45, 2.75) is 51.9 Å². The van der Waals surface area contributed by atoms with E-state index in [0.717, 1.165) is 12.1 Å². The number of hydrogen-bond donors (Lipinski definition) is 1. The van der Waals surface area contributed by atoms with Crippen LogP contribution in [0, 0.1) is 5.92 Å². The van der Waals surface area contributed by atoms with Crippen molar-refractivity contribution in [3.05, 3.63) is 30.1 Å². The SMILES string of the molecule is CC(C)c1noc(-c2ccc(OCC(=O)NCC3CCCCC3)cc2)n1. The normalized spacial score (nSPS) is 15.2. The maximum absolute atomic E-state index is 11.9. The second-order valence-electron chi connectivity index (χ2n) is 7.23. The fraction of sp³-hybridized carbons (Fsp3) is 0.550. The fourth-order valence-corrected chi connectivity index (χ4v) is 3.13. The molecule has 3 rings (SSSR count). The maximum Gasteiger partial charge on any atom is 0.257 e. The van der Waals surface area contributed by atoms with E-state index in [1.807, 2.05) is 38.1 Å². The summed E-state index contributed by atoms with van der Waals surface area (Å²) in [6.45, 7) is 4.83. The number of ether oxygens (including phenoxy) is 1. The first-order valence-corrected chi connectivity index (χ1v) is 9.45. The number of carbonyl (C=O) groups excluding carboxylic acids is 1. The van der Waals surface area contributed by atoms with Crippen LogP contribution in [0.2, 0.25) is 0 Å². The molecule has 2 aromatic rings. The van der Waals surface area contributed by atoms with Crippen LogP contribution in [0.1, 0.15) is 57.7 Å². The number of hydrogen-bond acceptors (Lipinski definition) is 5. The van der Waals surface area contributed by atoms with E-state index in [1.165, 1.54) is 32.1 Å². The first-order chi connectivity index (χ1) is 12.6. The van der Waals surface area contributed by atoms with Gasteiger partial charge >= 0.3 is 0 Å². The molecule has 0 unspecified atom stereocenters. The molecule has 0 radical (unpaired) electrons. The summed E-state index contributed by atoms with van der Waals surface area (Å²) in [5.41, 5.74) is 0.832. The van der Waals surface area contributed by atoms with Crippen LogP contribution in [0.5, 0.6) is 5.75 Å². The minimum atomic E-state index is -0.0712. The molecule has 0 spiro atoms. The largest absolute Gasteiger partial charge is 0.484 e. The van der Waals surface area contributed by atoms with Crippen molar-refractivity contribution < 1.29 is 14.1 Å². The van der Waals surface area contributed by atoms with E-state index < -0.39 is 0 Å². The molecule has 1 N–H and O–H groups in total. The predicted octanol–water partition coefficient (Wildman–Crippen LogP) is 3.94. The summed E-state index contributed by atoms with van der Waals surface area (Å²) in [6.07, 6.45) is 6.32. The van der Waals surface area contributed by atoms with Gasteiger partial charge in [0, 0.05) is 18.0 Å². The van der Waals surface area contributed by atoms with Gasteiger partial charge < -0.3 is 14.6 Å². The zero-order valence-corrected chi connectivity index (χ0v) is 15.5. The lowest BCUT2D eigenvalue weighted by Crippen LogP contribution is -2.33. The Kier molecular flexibility index (Phi) is 6.26. The molecule has 1 aromatic carbocycles. The molecule has 1 fully saturated rings. The summed E-state index contributed by atoms with van der Waals surface area (Å²) in [5, 5.41) is 6.94. The topological polar surface area (TPSA) is 77.2 Å². The van der Waals surface area contributed by atoms with Gasteiger partial charge in [0.15, 0.2) is 12.4 Å². The van der Waals surface area contributed by atoms with Gasteiger partial charge in [0.25, 0.3) is 11.8 Å². The zero-order chi connectivity index (χ0) is 18.4. The third kappa shape index (κ3) is 5.07. The van der Waals surface area contributed by atoms with Gasteiger partial charge in [0.1, 0.15) is 5.75 Å². The summed E-state index contributed by atoms with van der Waals surface area (Å²) in [7, 11) is 0. The van der Waals surface area contributed by atoms with Crippen LogP contribution < -0.4 is 10.1 Å². The summed E-state index contributed by atoms with van der Waals surface area (Å²) in [6, 6.07) is 7.33. The van der Waals surface area contributed by atoms with Crippen LogP contribution >= 0.6 is 0 Å². The molecule has 6 heteroatoms. The number of nitrogens with one attached hydrogen (secondary N) is 1. The Bertz CT molecular complexity index is 703. The van der Waals surface area contributed by atoms with E-state index in [2.05, 4.69) is 15.5 Å². The molecule has 1 amide bonds. The predicted molar refractivity (Wildman–Crippen MR) is 98.9 cm³/mol. The molecule has 140 valence electrons. The smallest absolute Gasteiger partial charge is 0.257 e. The Balaban J connectivity index is 1.45. The van der Waals surface area contributed by atoms with Crippen molar-refractivity contribution in [3.8, 4) is 17.2 Å². The van der Waals surface area contributed by atoms with Crippen molar-refractivity contribution in [2.75, 3.05) is 13.2 Å². The lowest BCUT2D eigenvalue weighted by atomic mass is 9.89. The molecule has 1 aromatic heterocycles. The molecular weight excluding hydrogens is 330 g/mol. The summed E-state index contributed by atoms with van der Waals surface area (Å²) >= 11 is 0. The number of rotatable bonds is 7. The Morgan fingerprint density at radius 3 is 2.62 bits per heavy atom. The fourth-order valence-electron chi connectivity index (χ4n) is 3.13. The van der Waals surface area contributed by atoms with E-state index in [4.69, 9.17) is 9.26 Å². The van der Waals surface area contributed by atoms with Gasteiger partial charge in [-0.1, -0.05) is 38.3 Å². The first-order valence-electron chi connectivity index (χ1n) is 9.45. The molecule has 0 saturated heterocycles. The van der Waals surface area contributed by atoms with E-state index in [-0.39, 0.29) is 18.4 Å². The second-order valence-corrected chi connectivity index (χ2v) is 7.23. The standard InChI is InChI=1S/C20H27N3O3/c1-14(2)19-22-20(26-23-19)16-8-10-17(11-9-16)25-13-18(24)21-12-15-6-4-3-5-7-15/h8-11,14-15H,3-7,12-13H2,1-2H3,(H,21,24). The monoisotopic (exact) mass is 357 g/mol. The second kappa shape index (κ2) is 8.83. The number of amides is 1. The highest BCUT2D eigenvalue weighted by Crippen LogP contribution is 2.23. The van der Waals surface area contributed by atoms with Gasteiger partial charge in [-0.15, -0.1) is 0 Å². The lowest BCUT2D eigenvalue weighted by molar-refractivity contribution is -0.123. The molecule has 0 bridgehead atoms. The molecule has 6 nitrogen and oxygen atoms in total. The van der Waals surface area contributed by atoms with Crippen LogP contribution in [0.15, 0.2) is 28.8 Å². The average Bonchev–Trinajstić information content (AvgIpc) is 3.16. The van der Waals surface area contributed by atoms with Gasteiger partial charge in [-0.3, -0.25) is 4.79 Å². The summed E-state index contributed by atoms with van der Waals surface area (Å²) in [4.78, 5) is 16.3. The van der Waals surface area contributed by atoms with Crippen molar-refractivity contribution in [1.29, 1.82) is 0 Å². The highest BCUT2D eigenvalue weighted by molar-refractivity contribution is 5.77. The Labute approximate surface area is 154 Å². The van der Waals surface area contributed by atoms with Crippen LogP contribution in [0.4, 0.5) is 0 Å². The molecule has 26 heavy (non-hydrogen) atoms. The number of aromatic nitrogens is 2. The molecule has 0 atom stereocenters. The van der Waals surface area contributed by atoms with Crippen molar-refractivity contribution >= 4 is 5.91 Å². The average molecular weight is 357 g/mol. The third-order valence-electron chi connectivity index (χ3n) is 4.74. The van der Waals surface area contributed by atoms with Gasteiger partial charge in [-0.05, 0) is 43.0 Å². The molecule has 1 heterocycles. The number of carbonyl (C=O) groups is 1. The lowest BCUT2D eigenvalue weighted by Gasteiger charge is -2.21. The van der Waals surface area contributed by atoms with Crippen LogP contribution in [-0.4, -0.2) is 29.2 Å². The Morgan fingerprint density at radius 1 is 1.23 bits per heavy atom. The molecule has 1 saturated carbocycles. The molecule has 1 aliphatic carbocycles. The zero-order valence-electron chi connectivity index (χ0n) is 15.5. The highest BCUT2D eigenvalue weighted by atomic mass is 16.5. The van der Waals surface area contributed by atoms with E-state index in [1.54, 1.807) is 0 Å². The third-order valence-corrected chi connectivity index (χ3v) is 4.74. The maximum atomic E-state index is 11.9. The van der Waals surface area contributed by atoms with Gasteiger partial charge in [-0.2, -0.15) is 4.98 Å². The van der Waals surface area contributed by atoms with Gasteiger partial charge in [0.05, 0.1) is 0 Å². The summed E-state index contributed by atoms with van der Waals surface area (Å²) in [5.74, 6) is 2.60. The highest BCUT2D eigenvalue weighted by Gasteiger charge is 2.15. The minimum absolute atomic E-state index is 0.0319. The van der Waals surface area contributed by atoms with Gasteiger partial charge in [0.2, 0.25) is 0 Å². The summed E-state index contributed by atoms with van der Waals surface area (Å²) < 4.78 is 10.8. The molecule has 1 aliphatic rings. The molecule has 0 aliphatic heterocycles. The van der Waals surface area contributed by atoms with Crippen molar-refractivity contribution in [3.63, 3.8) is 0 Å². The van der Waals surface area contributed by atoms with Crippen LogP contribution in [0.3, 0.4) is 0 Å². The minimum Gasteiger partial charge on any atom is -0.484 e.